The Morgan fingerprint density at radius 3 is 2.56 bits per heavy atom. The average molecular weight is 385 g/mol. The van der Waals surface area contributed by atoms with E-state index < -0.39 is 0 Å². The fourth-order valence-corrected chi connectivity index (χ4v) is 4.80. The molecule has 2 N–H and O–H groups in total. The third-order valence-corrected chi connectivity index (χ3v) is 6.24. The number of nitrogens with two attached hydrogens (primary N) is 1. The molecule has 1 unspecified atom stereocenters. The Kier molecular flexibility index (Phi) is 6.56. The molecule has 0 spiro atoms. The van der Waals surface area contributed by atoms with Gasteiger partial charge in [-0.3, -0.25) is 4.79 Å². The number of benzene rings is 2. The number of hydrogen-bond donors (Lipinski definition) is 1. The van der Waals surface area contributed by atoms with Gasteiger partial charge in [-0.2, -0.15) is 0 Å². The summed E-state index contributed by atoms with van der Waals surface area (Å²) in [4.78, 5) is 15.1. The van der Waals surface area contributed by atoms with Crippen LogP contribution >= 0.6 is 12.4 Å². The third-order valence-electron chi connectivity index (χ3n) is 6.24. The summed E-state index contributed by atoms with van der Waals surface area (Å²) in [7, 11) is 0. The number of fused-ring (bicyclic) bond motifs is 1. The topological polar surface area (TPSA) is 46.3 Å². The van der Waals surface area contributed by atoms with Crippen LogP contribution in [-0.4, -0.2) is 30.4 Å². The summed E-state index contributed by atoms with van der Waals surface area (Å²) in [5, 5.41) is 0. The molecule has 1 saturated heterocycles. The van der Waals surface area contributed by atoms with Crippen molar-refractivity contribution in [2.45, 2.75) is 37.5 Å². The lowest BCUT2D eigenvalue weighted by Gasteiger charge is -2.27. The van der Waals surface area contributed by atoms with E-state index in [1.54, 1.807) is 0 Å². The molecule has 1 heterocycles. The van der Waals surface area contributed by atoms with E-state index in [0.29, 0.717) is 36.6 Å². The van der Waals surface area contributed by atoms with Crippen LogP contribution in [0, 0.1) is 5.92 Å². The number of rotatable bonds is 4. The zero-order chi connectivity index (χ0) is 17.9. The van der Waals surface area contributed by atoms with Gasteiger partial charge in [-0.1, -0.05) is 54.6 Å². The van der Waals surface area contributed by atoms with Crippen molar-refractivity contribution in [1.82, 2.24) is 4.90 Å². The first-order chi connectivity index (χ1) is 12.8. The van der Waals surface area contributed by atoms with Gasteiger partial charge in [0.25, 0.3) is 0 Å². The van der Waals surface area contributed by atoms with Crippen LogP contribution in [-0.2, 0) is 11.2 Å². The molecular formula is C23H29ClN2O. The molecule has 0 radical (unpaired) electrons. The molecule has 4 heteroatoms. The number of likely N-dealkylation sites (tertiary alicyclic amines) is 1. The van der Waals surface area contributed by atoms with Crippen LogP contribution in [0.4, 0.5) is 0 Å². The molecule has 144 valence electrons. The number of carbonyl (C=O) groups is 1. The van der Waals surface area contributed by atoms with Crippen molar-refractivity contribution < 1.29 is 4.79 Å². The van der Waals surface area contributed by atoms with Gasteiger partial charge in [-0.05, 0) is 54.3 Å². The first-order valence-electron chi connectivity index (χ1n) is 9.87. The smallest absolute Gasteiger partial charge is 0.223 e. The minimum absolute atomic E-state index is 0. The summed E-state index contributed by atoms with van der Waals surface area (Å²) < 4.78 is 0. The molecular weight excluding hydrogens is 356 g/mol. The lowest BCUT2D eigenvalue weighted by molar-refractivity contribution is -0.130. The van der Waals surface area contributed by atoms with Crippen molar-refractivity contribution in [2.75, 3.05) is 19.6 Å². The Labute approximate surface area is 168 Å². The van der Waals surface area contributed by atoms with Gasteiger partial charge < -0.3 is 10.6 Å². The predicted octanol–water partition coefficient (Wildman–Crippen LogP) is 4.12. The van der Waals surface area contributed by atoms with Gasteiger partial charge in [0, 0.05) is 25.4 Å². The molecule has 1 fully saturated rings. The Balaban J connectivity index is 0.00000210. The van der Waals surface area contributed by atoms with Crippen molar-refractivity contribution >= 4 is 18.3 Å². The minimum Gasteiger partial charge on any atom is -0.342 e. The Bertz CT molecular complexity index is 764. The molecule has 1 aliphatic carbocycles. The SMILES string of the molecule is Cl.NC[C@@H]1CN(C(=O)CC2CCCc3ccccc32)C[C@H]1c1ccccc1. The standard InChI is InChI=1S/C23H28N2O.ClH/c24-14-20-15-25(16-22(20)18-7-2-1-3-8-18)23(26)13-19-11-6-10-17-9-4-5-12-21(17)19;/h1-5,7-9,12,19-20,22H,6,10-11,13-16,24H2;1H/t19?,20-,22+;/m1./s1. The van der Waals surface area contributed by atoms with Gasteiger partial charge in [0.15, 0.2) is 0 Å². The molecule has 4 rings (SSSR count). The quantitative estimate of drug-likeness (QED) is 0.861. The summed E-state index contributed by atoms with van der Waals surface area (Å²) in [6.07, 6.45) is 4.10. The summed E-state index contributed by atoms with van der Waals surface area (Å²) in [6.45, 7) is 2.23. The summed E-state index contributed by atoms with van der Waals surface area (Å²) in [6, 6.07) is 19.2. The lowest BCUT2D eigenvalue weighted by Crippen LogP contribution is -2.31. The summed E-state index contributed by atoms with van der Waals surface area (Å²) in [5.74, 6) is 1.40. The highest BCUT2D eigenvalue weighted by Gasteiger charge is 2.36. The lowest BCUT2D eigenvalue weighted by atomic mass is 9.81. The maximum Gasteiger partial charge on any atom is 0.223 e. The van der Waals surface area contributed by atoms with Gasteiger partial charge in [0.1, 0.15) is 0 Å². The molecule has 2 aromatic rings. The number of aryl methyl sites for hydroxylation is 1. The van der Waals surface area contributed by atoms with E-state index in [0.717, 1.165) is 25.9 Å². The molecule has 3 nitrogen and oxygen atoms in total. The summed E-state index contributed by atoms with van der Waals surface area (Å²) in [5.41, 5.74) is 10.2. The second-order valence-electron chi connectivity index (χ2n) is 7.80. The van der Waals surface area contributed by atoms with E-state index >= 15 is 0 Å². The Hall–Kier alpha value is -1.84. The molecule has 1 amide bonds. The van der Waals surface area contributed by atoms with Gasteiger partial charge in [0.05, 0.1) is 0 Å². The monoisotopic (exact) mass is 384 g/mol. The van der Waals surface area contributed by atoms with Crippen molar-refractivity contribution in [3.63, 3.8) is 0 Å². The van der Waals surface area contributed by atoms with E-state index in [9.17, 15) is 4.79 Å². The van der Waals surface area contributed by atoms with Crippen LogP contribution in [0.2, 0.25) is 0 Å². The van der Waals surface area contributed by atoms with E-state index in [4.69, 9.17) is 5.73 Å². The molecule has 0 bridgehead atoms. The van der Waals surface area contributed by atoms with Crippen LogP contribution in [0.3, 0.4) is 0 Å². The molecule has 0 aromatic heterocycles. The van der Waals surface area contributed by atoms with Crippen LogP contribution in [0.1, 0.15) is 47.8 Å². The second kappa shape index (κ2) is 8.90. The van der Waals surface area contributed by atoms with Crippen molar-refractivity contribution in [3.8, 4) is 0 Å². The maximum absolute atomic E-state index is 13.0. The number of halogens is 1. The fourth-order valence-electron chi connectivity index (χ4n) is 4.80. The number of amides is 1. The largest absolute Gasteiger partial charge is 0.342 e. The van der Waals surface area contributed by atoms with Gasteiger partial charge >= 0.3 is 0 Å². The van der Waals surface area contributed by atoms with Crippen molar-refractivity contribution in [3.05, 3.63) is 71.3 Å². The maximum atomic E-state index is 13.0. The first-order valence-corrected chi connectivity index (χ1v) is 9.87. The van der Waals surface area contributed by atoms with Gasteiger partial charge in [0.2, 0.25) is 5.91 Å². The van der Waals surface area contributed by atoms with E-state index in [1.165, 1.54) is 23.1 Å². The highest BCUT2D eigenvalue weighted by atomic mass is 35.5. The summed E-state index contributed by atoms with van der Waals surface area (Å²) >= 11 is 0. The minimum atomic E-state index is 0. The molecule has 27 heavy (non-hydrogen) atoms. The normalized spacial score (nSPS) is 24.2. The fraction of sp³-hybridized carbons (Fsp3) is 0.435. The van der Waals surface area contributed by atoms with Crippen molar-refractivity contribution in [1.29, 1.82) is 0 Å². The van der Waals surface area contributed by atoms with E-state index in [-0.39, 0.29) is 12.4 Å². The first kappa shape index (κ1) is 19.9. The number of hydrogen-bond acceptors (Lipinski definition) is 2. The Morgan fingerprint density at radius 2 is 1.78 bits per heavy atom. The number of nitrogens with zero attached hydrogens (tertiary/aromatic N) is 1. The van der Waals surface area contributed by atoms with E-state index in [2.05, 4.69) is 53.4 Å². The molecule has 0 saturated carbocycles. The van der Waals surface area contributed by atoms with Gasteiger partial charge in [-0.25, -0.2) is 0 Å². The molecule has 2 aliphatic rings. The van der Waals surface area contributed by atoms with Crippen molar-refractivity contribution in [2.24, 2.45) is 11.7 Å². The van der Waals surface area contributed by atoms with Gasteiger partial charge in [-0.15, -0.1) is 12.4 Å². The average Bonchev–Trinajstić information content (AvgIpc) is 3.14. The third kappa shape index (κ3) is 4.20. The zero-order valence-electron chi connectivity index (χ0n) is 15.7. The van der Waals surface area contributed by atoms with Crippen LogP contribution < -0.4 is 5.73 Å². The Morgan fingerprint density at radius 1 is 1.04 bits per heavy atom. The highest BCUT2D eigenvalue weighted by molar-refractivity contribution is 5.85. The molecule has 2 aromatic carbocycles. The van der Waals surface area contributed by atoms with Crippen LogP contribution in [0.15, 0.2) is 54.6 Å². The zero-order valence-corrected chi connectivity index (χ0v) is 16.5. The number of carbonyl (C=O) groups excluding carboxylic acids is 1. The van der Waals surface area contributed by atoms with E-state index in [1.807, 2.05) is 6.07 Å². The molecule has 3 atom stereocenters. The highest BCUT2D eigenvalue weighted by Crippen LogP contribution is 2.36. The molecule has 1 aliphatic heterocycles. The predicted molar refractivity (Wildman–Crippen MR) is 112 cm³/mol. The second-order valence-corrected chi connectivity index (χ2v) is 7.80. The van der Waals surface area contributed by atoms with Crippen LogP contribution in [0.25, 0.3) is 0 Å². The van der Waals surface area contributed by atoms with Crippen LogP contribution in [0.5, 0.6) is 0 Å².